The molecule has 3 nitrogen and oxygen atoms in total. The minimum absolute atomic E-state index is 0.204. The Balaban J connectivity index is 2.60. The van der Waals surface area contributed by atoms with Gasteiger partial charge in [0.15, 0.2) is 0 Å². The van der Waals surface area contributed by atoms with Crippen molar-refractivity contribution >= 4 is 11.6 Å². The van der Waals surface area contributed by atoms with Crippen LogP contribution in [0.4, 0.5) is 8.78 Å². The molecule has 0 radical (unpaired) electrons. The number of aromatic nitrogens is 2. The predicted molar refractivity (Wildman–Crippen MR) is 43.7 cm³/mol. The third-order valence-corrected chi connectivity index (χ3v) is 1.82. The monoisotopic (exact) mass is 210 g/mol. The molecule has 1 aromatic rings. The molecule has 0 fully saturated rings. The molecule has 0 aliphatic heterocycles. The average Bonchev–Trinajstić information content (AvgIpc) is 2.33. The molecule has 1 rings (SSSR count). The van der Waals surface area contributed by atoms with Crippen molar-refractivity contribution in [1.29, 1.82) is 0 Å². The summed E-state index contributed by atoms with van der Waals surface area (Å²) >= 11 is 4.63. The number of hydrogen-bond donors (Lipinski definition) is 1. The summed E-state index contributed by atoms with van der Waals surface area (Å²) in [7, 11) is 1.66. The van der Waals surface area contributed by atoms with Gasteiger partial charge in [0, 0.05) is 19.7 Å². The molecule has 0 bridgehead atoms. The maximum atomic E-state index is 12.3. The first-order chi connectivity index (χ1) is 5.89. The van der Waals surface area contributed by atoms with Crippen LogP contribution in [0.2, 0.25) is 0 Å². The van der Waals surface area contributed by atoms with E-state index in [1.54, 1.807) is 13.2 Å². The van der Waals surface area contributed by atoms with E-state index in [1.807, 2.05) is 0 Å². The van der Waals surface area contributed by atoms with Crippen LogP contribution in [-0.4, -0.2) is 26.4 Å². The molecule has 0 aliphatic carbocycles. The van der Waals surface area contributed by atoms with Crippen molar-refractivity contribution in [1.82, 2.24) is 9.78 Å². The Kier molecular flexibility index (Phi) is 2.87. The van der Waals surface area contributed by atoms with E-state index < -0.39 is 11.5 Å². The summed E-state index contributed by atoms with van der Waals surface area (Å²) < 4.78 is 26.1. The van der Waals surface area contributed by atoms with Crippen molar-refractivity contribution in [2.45, 2.75) is 17.9 Å². The van der Waals surface area contributed by atoms with Gasteiger partial charge in [-0.25, -0.2) is 0 Å². The van der Waals surface area contributed by atoms with Gasteiger partial charge in [-0.15, -0.1) is 0 Å². The van der Waals surface area contributed by atoms with Crippen LogP contribution in [0, 0.1) is 0 Å². The number of aliphatic hydroxyl groups excluding tert-OH is 1. The first-order valence-corrected chi connectivity index (χ1v) is 3.99. The van der Waals surface area contributed by atoms with Crippen LogP contribution in [0.5, 0.6) is 0 Å². The third-order valence-electron chi connectivity index (χ3n) is 1.57. The second-order valence-corrected chi connectivity index (χ2v) is 3.29. The molecule has 13 heavy (non-hydrogen) atoms. The van der Waals surface area contributed by atoms with Gasteiger partial charge in [0.1, 0.15) is 6.10 Å². The number of rotatable bonds is 3. The molecule has 0 spiro atoms. The summed E-state index contributed by atoms with van der Waals surface area (Å²) in [6.07, 6.45) is 0.876. The molecule has 1 atom stereocenters. The zero-order valence-electron chi connectivity index (χ0n) is 6.91. The molecule has 0 amide bonds. The Morgan fingerprint density at radius 2 is 2.38 bits per heavy atom. The zero-order valence-corrected chi connectivity index (χ0v) is 7.67. The summed E-state index contributed by atoms with van der Waals surface area (Å²) in [6, 6.07) is 0. The second-order valence-electron chi connectivity index (χ2n) is 2.78. The highest BCUT2D eigenvalue weighted by Crippen LogP contribution is 2.25. The number of halogens is 3. The first-order valence-electron chi connectivity index (χ1n) is 3.62. The van der Waals surface area contributed by atoms with Gasteiger partial charge in [-0.2, -0.15) is 13.9 Å². The Morgan fingerprint density at radius 1 is 1.77 bits per heavy atom. The number of nitrogens with zero attached hydrogens (tertiary/aromatic N) is 2. The van der Waals surface area contributed by atoms with E-state index in [1.165, 1.54) is 10.9 Å². The lowest BCUT2D eigenvalue weighted by Gasteiger charge is -2.14. The quantitative estimate of drug-likeness (QED) is 0.761. The van der Waals surface area contributed by atoms with Gasteiger partial charge >= 0.3 is 5.38 Å². The Morgan fingerprint density at radius 3 is 2.77 bits per heavy atom. The molecule has 1 N–H and O–H groups in total. The van der Waals surface area contributed by atoms with Crippen molar-refractivity contribution in [3.05, 3.63) is 18.0 Å². The van der Waals surface area contributed by atoms with E-state index in [9.17, 15) is 8.78 Å². The zero-order chi connectivity index (χ0) is 10.1. The molecule has 1 unspecified atom stereocenters. The van der Waals surface area contributed by atoms with Crippen LogP contribution in [0.3, 0.4) is 0 Å². The lowest BCUT2D eigenvalue weighted by Crippen LogP contribution is -2.29. The van der Waals surface area contributed by atoms with Gasteiger partial charge in [-0.3, -0.25) is 4.68 Å². The second kappa shape index (κ2) is 3.59. The van der Waals surface area contributed by atoms with E-state index in [4.69, 9.17) is 5.11 Å². The number of alkyl halides is 3. The number of aliphatic hydroxyl groups is 1. The van der Waals surface area contributed by atoms with Gasteiger partial charge < -0.3 is 5.11 Å². The van der Waals surface area contributed by atoms with Crippen LogP contribution in [0.25, 0.3) is 0 Å². The van der Waals surface area contributed by atoms with Gasteiger partial charge in [0.05, 0.1) is 6.20 Å². The van der Waals surface area contributed by atoms with Crippen LogP contribution in [0.1, 0.15) is 5.56 Å². The minimum atomic E-state index is -3.59. The van der Waals surface area contributed by atoms with E-state index >= 15 is 0 Å². The Bertz CT molecular complexity index is 284. The third kappa shape index (κ3) is 2.93. The summed E-state index contributed by atoms with van der Waals surface area (Å²) in [4.78, 5) is 0. The fourth-order valence-corrected chi connectivity index (χ4v) is 0.993. The number of hydrogen-bond acceptors (Lipinski definition) is 2. The lowest BCUT2D eigenvalue weighted by molar-refractivity contribution is -0.0397. The molecule has 0 aromatic carbocycles. The van der Waals surface area contributed by atoms with Crippen LogP contribution < -0.4 is 0 Å². The minimum Gasteiger partial charge on any atom is -0.385 e. The maximum absolute atomic E-state index is 12.3. The molecule has 74 valence electrons. The fourth-order valence-electron chi connectivity index (χ4n) is 0.916. The fraction of sp³-hybridized carbons (Fsp3) is 0.571. The van der Waals surface area contributed by atoms with Crippen molar-refractivity contribution in [3.8, 4) is 0 Å². The van der Waals surface area contributed by atoms with Crippen LogP contribution in [-0.2, 0) is 13.5 Å². The average molecular weight is 211 g/mol. The summed E-state index contributed by atoms with van der Waals surface area (Å²) in [5, 5.41) is 9.11. The molecule has 0 saturated carbocycles. The molecule has 0 saturated heterocycles. The molecular weight excluding hydrogens is 202 g/mol. The predicted octanol–water partition coefficient (Wildman–Crippen LogP) is 1.16. The molecule has 1 heterocycles. The smallest absolute Gasteiger partial charge is 0.347 e. The summed E-state index contributed by atoms with van der Waals surface area (Å²) in [5.74, 6) is 0. The Hall–Kier alpha value is -0.680. The van der Waals surface area contributed by atoms with Gasteiger partial charge in [-0.1, -0.05) is 0 Å². The van der Waals surface area contributed by atoms with Crippen LogP contribution in [0.15, 0.2) is 12.4 Å². The normalized spacial score (nSPS) is 14.5. The topological polar surface area (TPSA) is 38.0 Å². The molecule has 6 heteroatoms. The number of aryl methyl sites for hydroxylation is 1. The van der Waals surface area contributed by atoms with E-state index in [-0.39, 0.29) is 6.42 Å². The molecule has 1 aromatic heterocycles. The van der Waals surface area contributed by atoms with Crippen molar-refractivity contribution in [3.63, 3.8) is 0 Å². The first kappa shape index (κ1) is 10.4. The van der Waals surface area contributed by atoms with Crippen molar-refractivity contribution < 1.29 is 13.9 Å². The maximum Gasteiger partial charge on any atom is 0.347 e. The Labute approximate surface area is 78.9 Å². The van der Waals surface area contributed by atoms with E-state index in [0.717, 1.165) is 0 Å². The SMILES string of the molecule is Cn1cc(CC(O)C(F)(F)Cl)cn1. The van der Waals surface area contributed by atoms with Gasteiger partial charge in [-0.05, 0) is 17.2 Å². The highest BCUT2D eigenvalue weighted by Gasteiger charge is 2.35. The summed E-state index contributed by atoms with van der Waals surface area (Å²) in [5.41, 5.74) is 0.523. The van der Waals surface area contributed by atoms with E-state index in [0.29, 0.717) is 5.56 Å². The molecule has 0 aliphatic rings. The highest BCUT2D eigenvalue weighted by atomic mass is 35.5. The summed E-state index contributed by atoms with van der Waals surface area (Å²) in [6.45, 7) is 0. The van der Waals surface area contributed by atoms with Gasteiger partial charge in [0.25, 0.3) is 0 Å². The lowest BCUT2D eigenvalue weighted by atomic mass is 10.1. The van der Waals surface area contributed by atoms with Gasteiger partial charge in [0.2, 0.25) is 0 Å². The molecular formula is C7H9ClF2N2O. The van der Waals surface area contributed by atoms with Crippen molar-refractivity contribution in [2.75, 3.05) is 0 Å². The van der Waals surface area contributed by atoms with Crippen LogP contribution >= 0.6 is 11.6 Å². The van der Waals surface area contributed by atoms with Crippen molar-refractivity contribution in [2.24, 2.45) is 7.05 Å². The standard InChI is InChI=1S/C7H9ClF2N2O/c1-12-4-5(3-11-12)2-6(13)7(8,9)10/h3-4,6,13H,2H2,1H3. The highest BCUT2D eigenvalue weighted by molar-refractivity contribution is 6.22. The van der Waals surface area contributed by atoms with E-state index in [2.05, 4.69) is 16.7 Å². The largest absolute Gasteiger partial charge is 0.385 e.